The first kappa shape index (κ1) is 12.0. The standard InChI is InChI=1S/C12H13NO3S/c14-11(10-6-3-7-17-10)13-9-5-2-1-4-8(9)12(15)16/h1-2,4-5,10H,3,6-7H2,(H,13,14)(H,15,16). The van der Waals surface area contributed by atoms with E-state index in [-0.39, 0.29) is 16.7 Å². The Balaban J connectivity index is 2.12. The van der Waals surface area contributed by atoms with Gasteiger partial charge in [-0.3, -0.25) is 4.79 Å². The number of hydrogen-bond acceptors (Lipinski definition) is 3. The molecule has 0 radical (unpaired) electrons. The minimum Gasteiger partial charge on any atom is -0.478 e. The van der Waals surface area contributed by atoms with Gasteiger partial charge in [-0.25, -0.2) is 4.79 Å². The smallest absolute Gasteiger partial charge is 0.337 e. The number of para-hydroxylation sites is 1. The summed E-state index contributed by atoms with van der Waals surface area (Å²) in [5, 5.41) is 11.6. The van der Waals surface area contributed by atoms with E-state index in [9.17, 15) is 9.59 Å². The second-order valence-electron chi connectivity index (χ2n) is 3.84. The van der Waals surface area contributed by atoms with Gasteiger partial charge in [0, 0.05) is 0 Å². The summed E-state index contributed by atoms with van der Waals surface area (Å²) in [6.45, 7) is 0. The molecule has 1 saturated heterocycles. The summed E-state index contributed by atoms with van der Waals surface area (Å²) in [4.78, 5) is 22.8. The van der Waals surface area contributed by atoms with Crippen LogP contribution in [0.2, 0.25) is 0 Å². The molecular formula is C12H13NO3S. The molecule has 1 heterocycles. The molecule has 2 N–H and O–H groups in total. The summed E-state index contributed by atoms with van der Waals surface area (Å²) in [5.74, 6) is -0.125. The van der Waals surface area contributed by atoms with Gasteiger partial charge in [0.2, 0.25) is 5.91 Å². The summed E-state index contributed by atoms with van der Waals surface area (Å²) in [5.41, 5.74) is 0.501. The van der Waals surface area contributed by atoms with Crippen LogP contribution in [0.15, 0.2) is 24.3 Å². The molecular weight excluding hydrogens is 238 g/mol. The highest BCUT2D eigenvalue weighted by atomic mass is 32.2. The number of carbonyl (C=O) groups excluding carboxylic acids is 1. The maximum atomic E-state index is 11.9. The van der Waals surface area contributed by atoms with Crippen molar-refractivity contribution in [1.29, 1.82) is 0 Å². The van der Waals surface area contributed by atoms with Gasteiger partial charge >= 0.3 is 5.97 Å². The molecule has 1 amide bonds. The molecule has 2 rings (SSSR count). The van der Waals surface area contributed by atoms with Gasteiger partial charge in [0.05, 0.1) is 16.5 Å². The van der Waals surface area contributed by atoms with Gasteiger partial charge in [-0.15, -0.1) is 11.8 Å². The molecule has 0 spiro atoms. The van der Waals surface area contributed by atoms with E-state index >= 15 is 0 Å². The Kier molecular flexibility index (Phi) is 3.68. The Hall–Kier alpha value is -1.49. The molecule has 1 atom stereocenters. The molecule has 1 aromatic rings. The number of anilines is 1. The largest absolute Gasteiger partial charge is 0.478 e. The number of carboxylic acids is 1. The summed E-state index contributed by atoms with van der Waals surface area (Å²) in [7, 11) is 0. The second-order valence-corrected chi connectivity index (χ2v) is 5.15. The van der Waals surface area contributed by atoms with E-state index in [0.29, 0.717) is 5.69 Å². The molecule has 5 heteroatoms. The highest BCUT2D eigenvalue weighted by Crippen LogP contribution is 2.27. The van der Waals surface area contributed by atoms with E-state index in [4.69, 9.17) is 5.11 Å². The molecule has 0 saturated carbocycles. The molecule has 1 aromatic carbocycles. The average Bonchev–Trinajstić information content (AvgIpc) is 2.83. The molecule has 0 aliphatic carbocycles. The van der Waals surface area contributed by atoms with Crippen LogP contribution in [-0.4, -0.2) is 28.0 Å². The molecule has 1 fully saturated rings. The highest BCUT2D eigenvalue weighted by Gasteiger charge is 2.24. The first-order chi connectivity index (χ1) is 8.18. The van der Waals surface area contributed by atoms with E-state index in [1.807, 2.05) is 0 Å². The van der Waals surface area contributed by atoms with Gasteiger partial charge in [-0.2, -0.15) is 0 Å². The topological polar surface area (TPSA) is 66.4 Å². The van der Waals surface area contributed by atoms with Crippen LogP contribution in [0.4, 0.5) is 5.69 Å². The van der Waals surface area contributed by atoms with E-state index in [1.54, 1.807) is 30.0 Å². The molecule has 0 bridgehead atoms. The third kappa shape index (κ3) is 2.79. The number of rotatable bonds is 3. The number of aromatic carboxylic acids is 1. The van der Waals surface area contributed by atoms with E-state index in [0.717, 1.165) is 18.6 Å². The van der Waals surface area contributed by atoms with Crippen LogP contribution in [-0.2, 0) is 4.79 Å². The zero-order valence-corrected chi connectivity index (χ0v) is 10.00. The van der Waals surface area contributed by atoms with Crippen molar-refractivity contribution in [1.82, 2.24) is 0 Å². The lowest BCUT2D eigenvalue weighted by Crippen LogP contribution is -2.24. The molecule has 1 aliphatic rings. The number of carboxylic acid groups (broad SMARTS) is 1. The lowest BCUT2D eigenvalue weighted by molar-refractivity contribution is -0.115. The maximum Gasteiger partial charge on any atom is 0.337 e. The first-order valence-electron chi connectivity index (χ1n) is 5.43. The van der Waals surface area contributed by atoms with Crippen molar-refractivity contribution in [2.24, 2.45) is 0 Å². The fraction of sp³-hybridized carbons (Fsp3) is 0.333. The Morgan fingerprint density at radius 2 is 2.12 bits per heavy atom. The van der Waals surface area contributed by atoms with Crippen molar-refractivity contribution in [3.8, 4) is 0 Å². The van der Waals surface area contributed by atoms with Gasteiger partial charge in [-0.05, 0) is 30.7 Å². The Morgan fingerprint density at radius 1 is 1.35 bits per heavy atom. The quantitative estimate of drug-likeness (QED) is 0.864. The lowest BCUT2D eigenvalue weighted by Gasteiger charge is -2.11. The van der Waals surface area contributed by atoms with Gasteiger partial charge < -0.3 is 10.4 Å². The zero-order chi connectivity index (χ0) is 12.3. The number of carbonyl (C=O) groups is 2. The van der Waals surface area contributed by atoms with E-state index in [2.05, 4.69) is 5.32 Å². The normalized spacial score (nSPS) is 18.9. The lowest BCUT2D eigenvalue weighted by atomic mass is 10.1. The molecule has 4 nitrogen and oxygen atoms in total. The Morgan fingerprint density at radius 3 is 2.76 bits per heavy atom. The maximum absolute atomic E-state index is 11.9. The number of hydrogen-bond donors (Lipinski definition) is 2. The van der Waals surface area contributed by atoms with Gasteiger partial charge in [0.1, 0.15) is 0 Å². The molecule has 1 unspecified atom stereocenters. The second kappa shape index (κ2) is 5.23. The van der Waals surface area contributed by atoms with Crippen LogP contribution in [0, 0.1) is 0 Å². The van der Waals surface area contributed by atoms with Crippen molar-refractivity contribution < 1.29 is 14.7 Å². The Labute approximate surface area is 103 Å². The van der Waals surface area contributed by atoms with E-state index in [1.165, 1.54) is 6.07 Å². The summed E-state index contributed by atoms with van der Waals surface area (Å²) in [6, 6.07) is 6.45. The summed E-state index contributed by atoms with van der Waals surface area (Å²) in [6.07, 6.45) is 1.91. The van der Waals surface area contributed by atoms with Crippen LogP contribution in [0.5, 0.6) is 0 Å². The van der Waals surface area contributed by atoms with Crippen molar-refractivity contribution in [3.63, 3.8) is 0 Å². The van der Waals surface area contributed by atoms with Crippen molar-refractivity contribution >= 4 is 29.3 Å². The fourth-order valence-corrected chi connectivity index (χ4v) is 2.94. The van der Waals surface area contributed by atoms with Crippen LogP contribution >= 0.6 is 11.8 Å². The minimum atomic E-state index is -1.03. The first-order valence-corrected chi connectivity index (χ1v) is 6.48. The van der Waals surface area contributed by atoms with Crippen LogP contribution in [0.3, 0.4) is 0 Å². The number of thioether (sulfide) groups is 1. The number of benzene rings is 1. The SMILES string of the molecule is O=C(O)c1ccccc1NC(=O)C1CCCS1. The van der Waals surface area contributed by atoms with Crippen molar-refractivity contribution in [2.75, 3.05) is 11.1 Å². The minimum absolute atomic E-state index is 0.0446. The fourth-order valence-electron chi connectivity index (χ4n) is 1.78. The van der Waals surface area contributed by atoms with E-state index < -0.39 is 5.97 Å². The van der Waals surface area contributed by atoms with Crippen molar-refractivity contribution in [3.05, 3.63) is 29.8 Å². The highest BCUT2D eigenvalue weighted by molar-refractivity contribution is 8.00. The van der Waals surface area contributed by atoms with Crippen LogP contribution in [0.1, 0.15) is 23.2 Å². The third-order valence-corrected chi connectivity index (χ3v) is 4.01. The van der Waals surface area contributed by atoms with Crippen LogP contribution < -0.4 is 5.32 Å². The van der Waals surface area contributed by atoms with Gasteiger partial charge in [-0.1, -0.05) is 12.1 Å². The predicted octanol–water partition coefficient (Wildman–Crippen LogP) is 2.22. The monoisotopic (exact) mass is 251 g/mol. The molecule has 90 valence electrons. The van der Waals surface area contributed by atoms with Crippen LogP contribution in [0.25, 0.3) is 0 Å². The van der Waals surface area contributed by atoms with Gasteiger partial charge in [0.15, 0.2) is 0 Å². The zero-order valence-electron chi connectivity index (χ0n) is 9.18. The summed E-state index contributed by atoms with van der Waals surface area (Å²) >= 11 is 1.62. The van der Waals surface area contributed by atoms with Gasteiger partial charge in [0.25, 0.3) is 0 Å². The average molecular weight is 251 g/mol. The third-order valence-electron chi connectivity index (χ3n) is 2.64. The van der Waals surface area contributed by atoms with Crippen molar-refractivity contribution in [2.45, 2.75) is 18.1 Å². The molecule has 1 aliphatic heterocycles. The predicted molar refractivity (Wildman–Crippen MR) is 67.5 cm³/mol. The number of nitrogens with one attached hydrogen (secondary N) is 1. The Bertz CT molecular complexity index is 441. The molecule has 17 heavy (non-hydrogen) atoms. The molecule has 0 aromatic heterocycles. The summed E-state index contributed by atoms with van der Waals surface area (Å²) < 4.78 is 0. The number of amides is 1.